The fraction of sp³-hybridized carbons (Fsp3) is 0.571. The van der Waals surface area contributed by atoms with Gasteiger partial charge in [-0.25, -0.2) is 0 Å². The second kappa shape index (κ2) is 3.87. The predicted molar refractivity (Wildman–Crippen MR) is 49.4 cm³/mol. The molecule has 0 spiro atoms. The summed E-state index contributed by atoms with van der Waals surface area (Å²) in [6.07, 6.45) is 0.0831. The molecule has 0 aliphatic carbocycles. The zero-order chi connectivity index (χ0) is 10.0. The third-order valence-electron chi connectivity index (χ3n) is 1.77. The summed E-state index contributed by atoms with van der Waals surface area (Å²) in [4.78, 5) is 10.5. The van der Waals surface area contributed by atoms with E-state index < -0.39 is 5.97 Å². The summed E-state index contributed by atoms with van der Waals surface area (Å²) in [5.74, 6) is -0.910. The van der Waals surface area contributed by atoms with Crippen LogP contribution in [0.25, 0.3) is 0 Å². The molecule has 0 aromatic carbocycles. The van der Waals surface area contributed by atoms with Crippen LogP contribution in [0.15, 0.2) is 4.60 Å². The molecule has 1 rings (SSSR count). The van der Waals surface area contributed by atoms with Gasteiger partial charge in [-0.2, -0.15) is 0 Å². The quantitative estimate of drug-likeness (QED) is 0.871. The largest absolute Gasteiger partial charge is 0.481 e. The van der Waals surface area contributed by atoms with Crippen LogP contribution in [-0.2, 0) is 11.8 Å². The van der Waals surface area contributed by atoms with E-state index in [1.807, 2.05) is 6.92 Å². The van der Waals surface area contributed by atoms with Crippen molar-refractivity contribution in [2.24, 2.45) is 7.05 Å². The van der Waals surface area contributed by atoms with E-state index in [2.05, 4.69) is 26.2 Å². The number of carboxylic acid groups (broad SMARTS) is 1. The van der Waals surface area contributed by atoms with Crippen molar-refractivity contribution >= 4 is 21.9 Å². The van der Waals surface area contributed by atoms with E-state index in [0.29, 0.717) is 4.60 Å². The third-order valence-corrected chi connectivity index (χ3v) is 2.34. The van der Waals surface area contributed by atoms with Crippen LogP contribution in [0.4, 0.5) is 0 Å². The van der Waals surface area contributed by atoms with Gasteiger partial charge in [-0.05, 0) is 15.9 Å². The van der Waals surface area contributed by atoms with E-state index in [0.717, 1.165) is 5.69 Å². The maximum Gasteiger partial charge on any atom is 0.304 e. The summed E-state index contributed by atoms with van der Waals surface area (Å²) >= 11 is 3.22. The van der Waals surface area contributed by atoms with E-state index in [9.17, 15) is 4.79 Å². The summed E-state index contributed by atoms with van der Waals surface area (Å²) in [6.45, 7) is 1.83. The van der Waals surface area contributed by atoms with Crippen LogP contribution in [0.5, 0.6) is 0 Å². The molecular weight excluding hydrogens is 238 g/mol. The Balaban J connectivity index is 2.87. The van der Waals surface area contributed by atoms with Crippen molar-refractivity contribution in [2.45, 2.75) is 19.3 Å². The van der Waals surface area contributed by atoms with Gasteiger partial charge in [0.15, 0.2) is 4.60 Å². The first-order valence-corrected chi connectivity index (χ1v) is 4.58. The number of carbonyl (C=O) groups is 1. The summed E-state index contributed by atoms with van der Waals surface area (Å²) < 4.78 is 2.20. The maximum absolute atomic E-state index is 10.5. The Morgan fingerprint density at radius 1 is 1.77 bits per heavy atom. The molecule has 0 aliphatic heterocycles. The number of nitrogens with zero attached hydrogens (tertiary/aromatic N) is 3. The Morgan fingerprint density at radius 2 is 2.38 bits per heavy atom. The molecule has 0 saturated carbocycles. The number of aryl methyl sites for hydroxylation is 1. The molecule has 0 bridgehead atoms. The number of carboxylic acids is 1. The highest BCUT2D eigenvalue weighted by atomic mass is 79.9. The fourth-order valence-electron chi connectivity index (χ4n) is 1.22. The monoisotopic (exact) mass is 247 g/mol. The number of halogens is 1. The predicted octanol–water partition coefficient (Wildman–Crippen LogP) is 1.16. The molecule has 0 fully saturated rings. The molecule has 6 heteroatoms. The van der Waals surface area contributed by atoms with Gasteiger partial charge in [0.1, 0.15) is 0 Å². The minimum Gasteiger partial charge on any atom is -0.481 e. The van der Waals surface area contributed by atoms with Crippen molar-refractivity contribution in [1.82, 2.24) is 15.0 Å². The van der Waals surface area contributed by atoms with Crippen LogP contribution >= 0.6 is 15.9 Å². The first-order valence-electron chi connectivity index (χ1n) is 3.79. The minimum absolute atomic E-state index is 0.0831. The lowest BCUT2D eigenvalue weighted by molar-refractivity contribution is -0.137. The molecule has 1 unspecified atom stereocenters. The lowest BCUT2D eigenvalue weighted by Gasteiger charge is -2.08. The Morgan fingerprint density at radius 3 is 2.77 bits per heavy atom. The zero-order valence-electron chi connectivity index (χ0n) is 7.36. The Kier molecular flexibility index (Phi) is 3.02. The fourth-order valence-corrected chi connectivity index (χ4v) is 1.94. The standard InChI is InChI=1S/C7H10BrN3O2/c1-4(3-5(12)13)6-7(8)9-10-11(6)2/h4H,3H2,1-2H3,(H,12,13). The van der Waals surface area contributed by atoms with Crippen molar-refractivity contribution in [3.8, 4) is 0 Å². The lowest BCUT2D eigenvalue weighted by atomic mass is 10.1. The van der Waals surface area contributed by atoms with Crippen LogP contribution in [-0.4, -0.2) is 26.1 Å². The summed E-state index contributed by atoms with van der Waals surface area (Å²) in [7, 11) is 1.74. The molecule has 5 nitrogen and oxygen atoms in total. The highest BCUT2D eigenvalue weighted by molar-refractivity contribution is 9.10. The average molecular weight is 248 g/mol. The van der Waals surface area contributed by atoms with Crippen molar-refractivity contribution in [2.75, 3.05) is 0 Å². The minimum atomic E-state index is -0.819. The Bertz CT molecular complexity index is 304. The maximum atomic E-state index is 10.5. The molecule has 72 valence electrons. The number of aliphatic carboxylic acids is 1. The van der Waals surface area contributed by atoms with Gasteiger partial charge in [-0.3, -0.25) is 9.48 Å². The lowest BCUT2D eigenvalue weighted by Crippen LogP contribution is -2.08. The summed E-state index contributed by atoms with van der Waals surface area (Å²) in [5, 5.41) is 16.2. The van der Waals surface area contributed by atoms with E-state index in [4.69, 9.17) is 5.11 Å². The van der Waals surface area contributed by atoms with Gasteiger partial charge in [0.25, 0.3) is 0 Å². The number of hydrogen-bond donors (Lipinski definition) is 1. The molecule has 0 amide bonds. The second-order valence-corrected chi connectivity index (χ2v) is 3.64. The molecule has 0 saturated heterocycles. The van der Waals surface area contributed by atoms with Gasteiger partial charge in [0.2, 0.25) is 0 Å². The van der Waals surface area contributed by atoms with E-state index in [-0.39, 0.29) is 12.3 Å². The van der Waals surface area contributed by atoms with Crippen LogP contribution in [0.1, 0.15) is 25.0 Å². The van der Waals surface area contributed by atoms with Crippen LogP contribution in [0.3, 0.4) is 0 Å². The number of aromatic nitrogens is 3. The Labute approximate surface area is 83.9 Å². The Hall–Kier alpha value is -0.910. The molecule has 0 aliphatic rings. The summed E-state index contributed by atoms with van der Waals surface area (Å²) in [5.41, 5.74) is 0.808. The van der Waals surface area contributed by atoms with Crippen molar-refractivity contribution in [3.63, 3.8) is 0 Å². The van der Waals surface area contributed by atoms with Gasteiger partial charge in [-0.1, -0.05) is 12.1 Å². The van der Waals surface area contributed by atoms with Gasteiger partial charge in [-0.15, -0.1) is 5.10 Å². The molecule has 1 aromatic rings. The van der Waals surface area contributed by atoms with Crippen LogP contribution < -0.4 is 0 Å². The van der Waals surface area contributed by atoms with Crippen LogP contribution in [0, 0.1) is 0 Å². The molecule has 1 atom stereocenters. The highest BCUT2D eigenvalue weighted by Gasteiger charge is 2.18. The smallest absolute Gasteiger partial charge is 0.304 e. The van der Waals surface area contributed by atoms with Gasteiger partial charge >= 0.3 is 5.97 Å². The number of hydrogen-bond acceptors (Lipinski definition) is 3. The normalized spacial score (nSPS) is 12.8. The average Bonchev–Trinajstić information content (AvgIpc) is 2.29. The SMILES string of the molecule is CC(CC(=O)O)c1c(Br)nnn1C. The molecular formula is C7H10BrN3O2. The van der Waals surface area contributed by atoms with E-state index in [1.165, 1.54) is 0 Å². The topological polar surface area (TPSA) is 68.0 Å². The van der Waals surface area contributed by atoms with Gasteiger partial charge < -0.3 is 5.11 Å². The van der Waals surface area contributed by atoms with Crippen molar-refractivity contribution in [1.29, 1.82) is 0 Å². The second-order valence-electron chi connectivity index (χ2n) is 2.89. The van der Waals surface area contributed by atoms with Gasteiger partial charge in [0, 0.05) is 13.0 Å². The number of rotatable bonds is 3. The highest BCUT2D eigenvalue weighted by Crippen LogP contribution is 2.24. The molecule has 1 heterocycles. The van der Waals surface area contributed by atoms with Crippen molar-refractivity contribution in [3.05, 3.63) is 10.3 Å². The first-order chi connectivity index (χ1) is 6.02. The van der Waals surface area contributed by atoms with E-state index >= 15 is 0 Å². The summed E-state index contributed by atoms with van der Waals surface area (Å²) in [6, 6.07) is 0. The zero-order valence-corrected chi connectivity index (χ0v) is 8.95. The third kappa shape index (κ3) is 2.27. The van der Waals surface area contributed by atoms with E-state index in [1.54, 1.807) is 11.7 Å². The van der Waals surface area contributed by atoms with Crippen LogP contribution in [0.2, 0.25) is 0 Å². The molecule has 1 N–H and O–H groups in total. The first kappa shape index (κ1) is 10.2. The van der Waals surface area contributed by atoms with Crippen molar-refractivity contribution < 1.29 is 9.90 Å². The molecule has 0 radical (unpaired) electrons. The molecule has 13 heavy (non-hydrogen) atoms. The van der Waals surface area contributed by atoms with Gasteiger partial charge in [0.05, 0.1) is 12.1 Å². The molecule has 1 aromatic heterocycles.